The lowest BCUT2D eigenvalue weighted by Gasteiger charge is -2.23. The summed E-state index contributed by atoms with van der Waals surface area (Å²) in [5.74, 6) is -2.38. The highest BCUT2D eigenvalue weighted by Gasteiger charge is 2.55. The number of hydrogen-bond acceptors (Lipinski definition) is 1. The molecule has 1 aliphatic heterocycles. The highest BCUT2D eigenvalue weighted by molar-refractivity contribution is 5.16. The molecule has 1 heterocycles. The number of allylic oxidation sites excluding steroid dienone is 1. The van der Waals surface area contributed by atoms with E-state index in [9.17, 15) is 8.78 Å². The Balaban J connectivity index is 1.90. The summed E-state index contributed by atoms with van der Waals surface area (Å²) in [6.07, 6.45) is 4.16. The molecule has 2 aliphatic rings. The minimum absolute atomic E-state index is 0.0600. The van der Waals surface area contributed by atoms with E-state index in [2.05, 4.69) is 5.32 Å². The van der Waals surface area contributed by atoms with Crippen molar-refractivity contribution in [1.29, 1.82) is 0 Å². The second-order valence-corrected chi connectivity index (χ2v) is 4.53. The molecule has 0 radical (unpaired) electrons. The molecule has 2 atom stereocenters. The molecule has 2 rings (SSSR count). The van der Waals surface area contributed by atoms with Crippen molar-refractivity contribution >= 4 is 0 Å². The van der Waals surface area contributed by atoms with Crippen molar-refractivity contribution in [1.82, 2.24) is 5.32 Å². The molecule has 14 heavy (non-hydrogen) atoms. The fraction of sp³-hybridized carbons (Fsp3) is 0.818. The maximum absolute atomic E-state index is 12.7. The second-order valence-electron chi connectivity index (χ2n) is 4.53. The predicted octanol–water partition coefficient (Wildman–Crippen LogP) is 2.59. The maximum Gasteiger partial charge on any atom is 0.255 e. The molecule has 2 unspecified atom stereocenters. The van der Waals surface area contributed by atoms with Crippen LogP contribution in [0.1, 0.15) is 26.2 Å². The molecule has 0 aromatic heterocycles. The van der Waals surface area contributed by atoms with Crippen LogP contribution in [-0.4, -0.2) is 19.0 Å². The normalized spacial score (nSPS) is 36.9. The van der Waals surface area contributed by atoms with Crippen LogP contribution < -0.4 is 5.32 Å². The Morgan fingerprint density at radius 3 is 2.71 bits per heavy atom. The van der Waals surface area contributed by atoms with Gasteiger partial charge in [-0.2, -0.15) is 0 Å². The molecule has 0 amide bonds. The van der Waals surface area contributed by atoms with Gasteiger partial charge in [0.1, 0.15) is 0 Å². The smallest absolute Gasteiger partial charge is 0.255 e. The summed E-state index contributed by atoms with van der Waals surface area (Å²) >= 11 is 0. The van der Waals surface area contributed by atoms with E-state index in [1.807, 2.05) is 6.92 Å². The number of hydrogen-bond donors (Lipinski definition) is 1. The van der Waals surface area contributed by atoms with Gasteiger partial charge in [0.25, 0.3) is 5.92 Å². The van der Waals surface area contributed by atoms with Gasteiger partial charge in [0, 0.05) is 18.9 Å². The molecule has 1 N–H and O–H groups in total. The van der Waals surface area contributed by atoms with Gasteiger partial charge in [-0.25, -0.2) is 8.78 Å². The Morgan fingerprint density at radius 1 is 1.50 bits per heavy atom. The molecule has 1 aliphatic carbocycles. The lowest BCUT2D eigenvalue weighted by atomic mass is 9.91. The van der Waals surface area contributed by atoms with Crippen molar-refractivity contribution in [3.8, 4) is 0 Å². The maximum atomic E-state index is 12.7. The van der Waals surface area contributed by atoms with E-state index in [0.29, 0.717) is 5.92 Å². The van der Waals surface area contributed by atoms with E-state index in [-0.39, 0.29) is 6.42 Å². The van der Waals surface area contributed by atoms with E-state index in [4.69, 9.17) is 0 Å². The number of halogens is 2. The molecule has 1 nitrogen and oxygen atoms in total. The molecular formula is C11H17F2N. The van der Waals surface area contributed by atoms with Crippen LogP contribution in [0.2, 0.25) is 0 Å². The molecule has 0 aromatic carbocycles. The lowest BCUT2D eigenvalue weighted by molar-refractivity contribution is 0.107. The van der Waals surface area contributed by atoms with E-state index in [0.717, 1.165) is 31.5 Å². The molecule has 1 saturated heterocycles. The molecule has 2 fully saturated rings. The van der Waals surface area contributed by atoms with Gasteiger partial charge in [0.15, 0.2) is 0 Å². The third kappa shape index (κ3) is 2.14. The van der Waals surface area contributed by atoms with Gasteiger partial charge in [0.2, 0.25) is 0 Å². The number of piperidine rings is 1. The first-order valence-electron chi connectivity index (χ1n) is 5.36. The summed E-state index contributed by atoms with van der Waals surface area (Å²) in [5.41, 5.74) is 1.15. The van der Waals surface area contributed by atoms with Crippen LogP contribution in [-0.2, 0) is 0 Å². The van der Waals surface area contributed by atoms with Gasteiger partial charge in [-0.05, 0) is 32.2 Å². The lowest BCUT2D eigenvalue weighted by Crippen LogP contribution is -2.30. The Hall–Kier alpha value is -0.440. The highest BCUT2D eigenvalue weighted by Crippen LogP contribution is 2.50. The predicted molar refractivity (Wildman–Crippen MR) is 52.4 cm³/mol. The van der Waals surface area contributed by atoms with Crippen molar-refractivity contribution in [2.45, 2.75) is 32.1 Å². The van der Waals surface area contributed by atoms with Crippen LogP contribution in [0.5, 0.6) is 0 Å². The quantitative estimate of drug-likeness (QED) is 0.677. The second kappa shape index (κ2) is 3.61. The van der Waals surface area contributed by atoms with Crippen molar-refractivity contribution in [3.63, 3.8) is 0 Å². The zero-order valence-electron chi connectivity index (χ0n) is 8.52. The third-order valence-corrected chi connectivity index (χ3v) is 3.28. The fourth-order valence-corrected chi connectivity index (χ4v) is 2.11. The van der Waals surface area contributed by atoms with Gasteiger partial charge in [-0.1, -0.05) is 11.6 Å². The highest BCUT2D eigenvalue weighted by atomic mass is 19.3. The number of nitrogens with one attached hydrogen (secondary N) is 1. The molecule has 0 spiro atoms. The Morgan fingerprint density at radius 2 is 2.21 bits per heavy atom. The van der Waals surface area contributed by atoms with Gasteiger partial charge >= 0.3 is 0 Å². The Kier molecular flexibility index (Phi) is 2.60. The standard InChI is InChI=1S/C11H17F2N/c1-8(5-10-6-11(10,12)13)9-3-2-4-14-7-9/h5,9-10,14H,2-4,6-7H2,1H3/b8-5+. The largest absolute Gasteiger partial charge is 0.316 e. The number of rotatable bonds is 2. The summed E-state index contributed by atoms with van der Waals surface area (Å²) in [6.45, 7) is 4.02. The molecular weight excluding hydrogens is 184 g/mol. The summed E-state index contributed by atoms with van der Waals surface area (Å²) in [4.78, 5) is 0. The number of alkyl halides is 2. The molecule has 3 heteroatoms. The van der Waals surface area contributed by atoms with E-state index >= 15 is 0 Å². The molecule has 0 aromatic rings. The van der Waals surface area contributed by atoms with Crippen LogP contribution in [0.25, 0.3) is 0 Å². The summed E-state index contributed by atoms with van der Waals surface area (Å²) in [7, 11) is 0. The Bertz CT molecular complexity index is 242. The van der Waals surface area contributed by atoms with Gasteiger partial charge in [-0.15, -0.1) is 0 Å². The van der Waals surface area contributed by atoms with Crippen molar-refractivity contribution in [2.75, 3.05) is 13.1 Å². The van der Waals surface area contributed by atoms with Crippen LogP contribution in [0.15, 0.2) is 11.6 Å². The van der Waals surface area contributed by atoms with Crippen molar-refractivity contribution in [2.24, 2.45) is 11.8 Å². The fourth-order valence-electron chi connectivity index (χ4n) is 2.11. The monoisotopic (exact) mass is 201 g/mol. The summed E-state index contributed by atoms with van der Waals surface area (Å²) in [5, 5.41) is 3.30. The summed E-state index contributed by atoms with van der Waals surface area (Å²) < 4.78 is 25.3. The first-order chi connectivity index (χ1) is 6.59. The van der Waals surface area contributed by atoms with Crippen LogP contribution in [0, 0.1) is 11.8 Å². The first-order valence-corrected chi connectivity index (χ1v) is 5.36. The van der Waals surface area contributed by atoms with E-state index in [1.54, 1.807) is 6.08 Å². The average molecular weight is 201 g/mol. The molecule has 0 bridgehead atoms. The van der Waals surface area contributed by atoms with E-state index < -0.39 is 11.8 Å². The third-order valence-electron chi connectivity index (χ3n) is 3.28. The van der Waals surface area contributed by atoms with Gasteiger partial charge < -0.3 is 5.32 Å². The zero-order chi connectivity index (χ0) is 10.2. The Labute approximate surface area is 83.6 Å². The SMILES string of the molecule is C/C(=C\C1CC1(F)F)C1CCCNC1. The molecule has 80 valence electrons. The molecule has 1 saturated carbocycles. The first kappa shape index (κ1) is 10.1. The van der Waals surface area contributed by atoms with Gasteiger partial charge in [0.05, 0.1) is 0 Å². The minimum atomic E-state index is -2.40. The average Bonchev–Trinajstić information content (AvgIpc) is 2.75. The minimum Gasteiger partial charge on any atom is -0.316 e. The zero-order valence-corrected chi connectivity index (χ0v) is 8.52. The topological polar surface area (TPSA) is 12.0 Å². The van der Waals surface area contributed by atoms with Crippen LogP contribution >= 0.6 is 0 Å². The van der Waals surface area contributed by atoms with Crippen molar-refractivity contribution < 1.29 is 8.78 Å². The summed E-state index contributed by atoms with van der Waals surface area (Å²) in [6, 6.07) is 0. The van der Waals surface area contributed by atoms with E-state index in [1.165, 1.54) is 0 Å². The van der Waals surface area contributed by atoms with Gasteiger partial charge in [-0.3, -0.25) is 0 Å². The van der Waals surface area contributed by atoms with Crippen molar-refractivity contribution in [3.05, 3.63) is 11.6 Å². The van der Waals surface area contributed by atoms with Crippen LogP contribution in [0.3, 0.4) is 0 Å². The van der Waals surface area contributed by atoms with Crippen LogP contribution in [0.4, 0.5) is 8.78 Å².